The third-order valence-electron chi connectivity index (χ3n) is 4.95. The zero-order chi connectivity index (χ0) is 23.4. The van der Waals surface area contributed by atoms with E-state index in [4.69, 9.17) is 16.3 Å². The van der Waals surface area contributed by atoms with E-state index in [2.05, 4.69) is 25.4 Å². The van der Waals surface area contributed by atoms with Gasteiger partial charge in [-0.05, 0) is 56.3 Å². The molecule has 0 aliphatic rings. The van der Waals surface area contributed by atoms with Crippen molar-refractivity contribution in [3.05, 3.63) is 75.0 Å². The van der Waals surface area contributed by atoms with Crippen LogP contribution in [0.4, 0.5) is 0 Å². The second-order valence-corrected chi connectivity index (χ2v) is 8.64. The maximum atomic E-state index is 12.5. The molecule has 2 amide bonds. The summed E-state index contributed by atoms with van der Waals surface area (Å²) in [7, 11) is 0. The lowest BCUT2D eigenvalue weighted by atomic mass is 10.2. The minimum absolute atomic E-state index is 0.0386. The number of amides is 2. The Morgan fingerprint density at radius 2 is 1.91 bits per heavy atom. The number of halogens is 1. The summed E-state index contributed by atoms with van der Waals surface area (Å²) < 4.78 is 7.74. The van der Waals surface area contributed by atoms with Gasteiger partial charge < -0.3 is 9.30 Å². The van der Waals surface area contributed by atoms with Gasteiger partial charge in [-0.3, -0.25) is 20.4 Å². The van der Waals surface area contributed by atoms with Gasteiger partial charge in [-0.15, -0.1) is 11.3 Å². The molecule has 0 atom stereocenters. The van der Waals surface area contributed by atoms with Crippen molar-refractivity contribution < 1.29 is 14.3 Å². The van der Waals surface area contributed by atoms with Crippen molar-refractivity contribution in [2.24, 2.45) is 0 Å². The number of thiazole rings is 1. The quantitative estimate of drug-likeness (QED) is 0.386. The summed E-state index contributed by atoms with van der Waals surface area (Å²) in [4.78, 5) is 33.6. The highest BCUT2D eigenvalue weighted by Gasteiger charge is 2.13. The number of hydrogen-bond donors (Lipinski definition) is 2. The molecule has 4 rings (SSSR count). The molecule has 0 radical (unpaired) electrons. The van der Waals surface area contributed by atoms with E-state index in [1.807, 2.05) is 19.9 Å². The average molecular weight is 484 g/mol. The summed E-state index contributed by atoms with van der Waals surface area (Å²) >= 11 is 7.26. The topological polar surface area (TPSA) is 98.1 Å². The molecule has 2 N–H and O–H groups in total. The van der Waals surface area contributed by atoms with E-state index in [9.17, 15) is 9.59 Å². The fraction of sp³-hybridized carbons (Fsp3) is 0.217. The molecular formula is C23H22ClN5O3S. The lowest BCUT2D eigenvalue weighted by molar-refractivity contribution is -0.121. The van der Waals surface area contributed by atoms with Gasteiger partial charge in [-0.1, -0.05) is 11.6 Å². The van der Waals surface area contributed by atoms with Crippen molar-refractivity contribution in [2.75, 3.05) is 0 Å². The van der Waals surface area contributed by atoms with Crippen LogP contribution in [-0.4, -0.2) is 26.3 Å². The van der Waals surface area contributed by atoms with Gasteiger partial charge in [0.25, 0.3) is 5.91 Å². The van der Waals surface area contributed by atoms with Gasteiger partial charge in [0.1, 0.15) is 23.2 Å². The Bertz CT molecular complexity index is 1300. The van der Waals surface area contributed by atoms with E-state index in [0.717, 1.165) is 28.4 Å². The van der Waals surface area contributed by atoms with Crippen LogP contribution in [0.1, 0.15) is 33.8 Å². The van der Waals surface area contributed by atoms with Crippen LogP contribution in [0.25, 0.3) is 11.0 Å². The van der Waals surface area contributed by atoms with Gasteiger partial charge in [0.2, 0.25) is 5.91 Å². The summed E-state index contributed by atoms with van der Waals surface area (Å²) in [6.45, 7) is 5.06. The zero-order valence-electron chi connectivity index (χ0n) is 18.1. The number of hydrazine groups is 1. The molecule has 0 spiro atoms. The van der Waals surface area contributed by atoms with Crippen LogP contribution in [0.5, 0.6) is 5.75 Å². The first-order chi connectivity index (χ1) is 15.9. The fourth-order valence-corrected chi connectivity index (χ4v) is 4.20. The smallest absolute Gasteiger partial charge is 0.269 e. The Hall–Kier alpha value is -3.43. The zero-order valence-corrected chi connectivity index (χ0v) is 19.7. The molecule has 0 aliphatic heterocycles. The number of nitrogens with zero attached hydrogens (tertiary/aromatic N) is 3. The minimum atomic E-state index is -0.413. The molecule has 2 heterocycles. The molecule has 0 bridgehead atoms. The molecule has 33 heavy (non-hydrogen) atoms. The van der Waals surface area contributed by atoms with Gasteiger partial charge in [-0.25, -0.2) is 9.97 Å². The normalized spacial score (nSPS) is 10.9. The van der Waals surface area contributed by atoms with Crippen molar-refractivity contribution in [2.45, 2.75) is 33.4 Å². The highest BCUT2D eigenvalue weighted by Crippen LogP contribution is 2.19. The van der Waals surface area contributed by atoms with Gasteiger partial charge in [0.05, 0.1) is 23.1 Å². The number of rotatable bonds is 7. The Morgan fingerprint density at radius 3 is 2.67 bits per heavy atom. The summed E-state index contributed by atoms with van der Waals surface area (Å²) in [5, 5.41) is 3.18. The maximum absolute atomic E-state index is 12.5. The molecule has 0 unspecified atom stereocenters. The van der Waals surface area contributed by atoms with Crippen molar-refractivity contribution in [3.8, 4) is 5.75 Å². The first-order valence-electron chi connectivity index (χ1n) is 10.3. The van der Waals surface area contributed by atoms with Gasteiger partial charge >= 0.3 is 0 Å². The molecule has 2 aromatic carbocycles. The molecule has 170 valence electrons. The number of aromatic nitrogens is 3. The van der Waals surface area contributed by atoms with Crippen LogP contribution >= 0.6 is 22.9 Å². The van der Waals surface area contributed by atoms with Crippen LogP contribution in [0.3, 0.4) is 0 Å². The predicted octanol–water partition coefficient (Wildman–Crippen LogP) is 4.06. The van der Waals surface area contributed by atoms with Gasteiger partial charge in [0.15, 0.2) is 0 Å². The maximum Gasteiger partial charge on any atom is 0.269 e. The Morgan fingerprint density at radius 1 is 1.12 bits per heavy atom. The summed E-state index contributed by atoms with van der Waals surface area (Å²) in [5.74, 6) is 0.793. The Labute approximate surface area is 199 Å². The van der Waals surface area contributed by atoms with E-state index in [1.165, 1.54) is 11.3 Å². The van der Waals surface area contributed by atoms with E-state index in [1.54, 1.807) is 41.8 Å². The number of hydrogen-bond acceptors (Lipinski definition) is 6. The third-order valence-corrected chi connectivity index (χ3v) is 6.07. The molecule has 0 saturated heterocycles. The lowest BCUT2D eigenvalue weighted by Gasteiger charge is -2.07. The van der Waals surface area contributed by atoms with E-state index < -0.39 is 5.91 Å². The molecule has 0 fully saturated rings. The SMILES string of the molecule is CCn1c(C)nc2cc(C(=O)NNC(=O)Cc3csc(COc4ccc(Cl)cc4)n3)ccc21. The van der Waals surface area contributed by atoms with E-state index >= 15 is 0 Å². The average Bonchev–Trinajstić information content (AvgIpc) is 3.39. The van der Waals surface area contributed by atoms with E-state index in [-0.39, 0.29) is 12.3 Å². The summed E-state index contributed by atoms with van der Waals surface area (Å²) in [5.41, 5.74) is 7.60. The second-order valence-electron chi connectivity index (χ2n) is 7.26. The minimum Gasteiger partial charge on any atom is -0.486 e. The number of ether oxygens (including phenoxy) is 1. The van der Waals surface area contributed by atoms with Crippen LogP contribution in [0.15, 0.2) is 47.8 Å². The molecule has 8 nitrogen and oxygen atoms in total. The highest BCUT2D eigenvalue weighted by molar-refractivity contribution is 7.09. The molecular weight excluding hydrogens is 462 g/mol. The van der Waals surface area contributed by atoms with Crippen LogP contribution in [0.2, 0.25) is 5.02 Å². The van der Waals surface area contributed by atoms with Crippen LogP contribution < -0.4 is 15.6 Å². The Kier molecular flexibility index (Phi) is 6.90. The number of imidazole rings is 1. The second kappa shape index (κ2) is 10.0. The molecule has 0 saturated carbocycles. The van der Waals surface area contributed by atoms with Gasteiger partial charge in [0, 0.05) is 22.5 Å². The van der Waals surface area contributed by atoms with Crippen molar-refractivity contribution in [1.29, 1.82) is 0 Å². The van der Waals surface area contributed by atoms with Crippen molar-refractivity contribution in [3.63, 3.8) is 0 Å². The lowest BCUT2D eigenvalue weighted by Crippen LogP contribution is -2.42. The number of nitrogens with one attached hydrogen (secondary N) is 2. The molecule has 0 aliphatic carbocycles. The Balaban J connectivity index is 1.28. The van der Waals surface area contributed by atoms with Gasteiger partial charge in [-0.2, -0.15) is 0 Å². The first kappa shape index (κ1) is 22.8. The predicted molar refractivity (Wildman–Crippen MR) is 127 cm³/mol. The summed E-state index contributed by atoms with van der Waals surface area (Å²) in [6.07, 6.45) is 0.0386. The van der Waals surface area contributed by atoms with Crippen molar-refractivity contribution >= 4 is 45.8 Å². The van der Waals surface area contributed by atoms with Crippen LogP contribution in [0, 0.1) is 6.92 Å². The molecule has 4 aromatic rings. The number of aryl methyl sites for hydroxylation is 2. The molecule has 10 heteroatoms. The highest BCUT2D eigenvalue weighted by atomic mass is 35.5. The first-order valence-corrected chi connectivity index (χ1v) is 11.6. The number of carbonyl (C=O) groups excluding carboxylic acids is 2. The van der Waals surface area contributed by atoms with Crippen LogP contribution in [-0.2, 0) is 24.4 Å². The number of fused-ring (bicyclic) bond motifs is 1. The van der Waals surface area contributed by atoms with E-state index in [0.29, 0.717) is 28.6 Å². The monoisotopic (exact) mass is 483 g/mol. The largest absolute Gasteiger partial charge is 0.486 e. The third kappa shape index (κ3) is 5.50. The fourth-order valence-electron chi connectivity index (χ4n) is 3.37. The standard InChI is InChI=1S/C23H22ClN5O3S/c1-3-29-14(2)25-19-10-15(4-9-20(19)29)23(31)28-27-21(30)11-17-13-33-22(26-17)12-32-18-7-5-16(24)6-8-18/h4-10,13H,3,11-12H2,1-2H3,(H,27,30)(H,28,31). The van der Waals surface area contributed by atoms with Crippen molar-refractivity contribution in [1.82, 2.24) is 25.4 Å². The summed E-state index contributed by atoms with van der Waals surface area (Å²) in [6, 6.07) is 12.3. The number of carbonyl (C=O) groups is 2. The molecule has 2 aromatic heterocycles. The number of benzene rings is 2.